The lowest BCUT2D eigenvalue weighted by Crippen LogP contribution is -2.07. The largest absolute Gasteiger partial charge is 0.484 e. The van der Waals surface area contributed by atoms with Crippen LogP contribution in [0.3, 0.4) is 0 Å². The van der Waals surface area contributed by atoms with Gasteiger partial charge in [0.25, 0.3) is 5.89 Å². The molecule has 5 rings (SSSR count). The molecule has 30 heavy (non-hydrogen) atoms. The van der Waals surface area contributed by atoms with Crippen LogP contribution in [0.2, 0.25) is 5.02 Å². The van der Waals surface area contributed by atoms with Gasteiger partial charge in [0.2, 0.25) is 5.89 Å². The molecular weight excluding hydrogens is 442 g/mol. The topological polar surface area (TPSA) is 78.9 Å². The molecule has 154 valence electrons. The molecule has 0 unspecified atom stereocenters. The normalized spacial score (nSPS) is 14.7. The van der Waals surface area contributed by atoms with E-state index < -0.39 is 0 Å². The average molecular weight is 460 g/mol. The molecular formula is C20H18ClN5O2S2. The molecule has 1 fully saturated rings. The van der Waals surface area contributed by atoms with Crippen LogP contribution in [0, 0.1) is 0 Å². The molecule has 0 aliphatic heterocycles. The van der Waals surface area contributed by atoms with E-state index in [1.54, 1.807) is 29.2 Å². The molecule has 0 saturated heterocycles. The van der Waals surface area contributed by atoms with E-state index in [-0.39, 0.29) is 5.25 Å². The van der Waals surface area contributed by atoms with Crippen LogP contribution in [0.1, 0.15) is 42.8 Å². The minimum absolute atomic E-state index is 0.0507. The molecule has 0 radical (unpaired) electrons. The number of hydrogen-bond acceptors (Lipinski definition) is 8. The highest BCUT2D eigenvalue weighted by Gasteiger charge is 2.31. The van der Waals surface area contributed by atoms with Gasteiger partial charge in [-0.2, -0.15) is 0 Å². The molecule has 7 nitrogen and oxygen atoms in total. The van der Waals surface area contributed by atoms with Gasteiger partial charge >= 0.3 is 0 Å². The number of rotatable bonds is 8. The van der Waals surface area contributed by atoms with Gasteiger partial charge in [0.05, 0.1) is 15.1 Å². The molecule has 0 amide bonds. The molecule has 1 aromatic carbocycles. The summed E-state index contributed by atoms with van der Waals surface area (Å²) in [6.07, 6.45) is 2.23. The predicted molar refractivity (Wildman–Crippen MR) is 116 cm³/mol. The first-order valence-corrected chi connectivity index (χ1v) is 11.7. The number of ether oxygens (including phenoxy) is 1. The van der Waals surface area contributed by atoms with Crippen LogP contribution in [0.4, 0.5) is 0 Å². The van der Waals surface area contributed by atoms with Crippen LogP contribution in [0.25, 0.3) is 10.8 Å². The Labute approximate surface area is 186 Å². The molecule has 4 aromatic rings. The highest BCUT2D eigenvalue weighted by atomic mass is 35.5. The summed E-state index contributed by atoms with van der Waals surface area (Å²) in [6, 6.07) is 11.8. The Balaban J connectivity index is 1.32. The second-order valence-corrected chi connectivity index (χ2v) is 9.56. The number of benzene rings is 1. The molecule has 0 spiro atoms. The SMILES string of the molecule is C[C@H](Sc1nnc(COc2ccccc2Cl)n1C1CC1)c1nnc(-c2cccs2)o1. The van der Waals surface area contributed by atoms with Gasteiger partial charge in [-0.15, -0.1) is 31.7 Å². The van der Waals surface area contributed by atoms with E-state index in [1.165, 1.54) is 0 Å². The second-order valence-electron chi connectivity index (χ2n) is 6.90. The zero-order valence-corrected chi connectivity index (χ0v) is 18.5. The Morgan fingerprint density at radius 2 is 2.07 bits per heavy atom. The van der Waals surface area contributed by atoms with Crippen LogP contribution in [-0.2, 0) is 6.61 Å². The lowest BCUT2D eigenvalue weighted by atomic mass is 10.3. The Hall–Kier alpha value is -2.36. The van der Waals surface area contributed by atoms with Crippen LogP contribution >= 0.6 is 34.7 Å². The van der Waals surface area contributed by atoms with Crippen molar-refractivity contribution in [1.82, 2.24) is 25.0 Å². The predicted octanol–water partition coefficient (Wildman–Crippen LogP) is 5.81. The second kappa shape index (κ2) is 8.41. The maximum absolute atomic E-state index is 6.19. The van der Waals surface area contributed by atoms with Crippen molar-refractivity contribution in [3.8, 4) is 16.5 Å². The summed E-state index contributed by atoms with van der Waals surface area (Å²) in [7, 11) is 0. The van der Waals surface area contributed by atoms with Crippen molar-refractivity contribution in [1.29, 1.82) is 0 Å². The van der Waals surface area contributed by atoms with Gasteiger partial charge in [0.15, 0.2) is 11.0 Å². The number of thioether (sulfide) groups is 1. The minimum Gasteiger partial charge on any atom is -0.484 e. The molecule has 3 heterocycles. The standard InChI is InChI=1S/C20H18ClN5O2S2/c1-12(18-23-24-19(28-18)16-7-4-10-29-16)30-20-25-22-17(26(20)13-8-9-13)11-27-15-6-3-2-5-14(15)21/h2-7,10,12-13H,8-9,11H2,1H3/t12-/m0/s1. The van der Waals surface area contributed by atoms with E-state index in [0.29, 0.717) is 35.2 Å². The fraction of sp³-hybridized carbons (Fsp3) is 0.300. The fourth-order valence-electron chi connectivity index (χ4n) is 3.00. The van der Waals surface area contributed by atoms with Crippen molar-refractivity contribution in [3.63, 3.8) is 0 Å². The number of halogens is 1. The first-order chi connectivity index (χ1) is 14.7. The van der Waals surface area contributed by atoms with E-state index >= 15 is 0 Å². The average Bonchev–Trinajstić information content (AvgIpc) is 3.16. The first-order valence-electron chi connectivity index (χ1n) is 9.54. The fourth-order valence-corrected chi connectivity index (χ4v) is 4.80. The first kappa shape index (κ1) is 19.6. The van der Waals surface area contributed by atoms with Crippen molar-refractivity contribution in [2.45, 2.75) is 42.8 Å². The van der Waals surface area contributed by atoms with E-state index in [4.69, 9.17) is 20.8 Å². The molecule has 1 aliphatic rings. The van der Waals surface area contributed by atoms with Gasteiger partial charge in [-0.05, 0) is 43.3 Å². The molecule has 1 saturated carbocycles. The van der Waals surface area contributed by atoms with E-state index in [9.17, 15) is 0 Å². The van der Waals surface area contributed by atoms with E-state index in [1.807, 2.05) is 42.6 Å². The Bertz CT molecular complexity index is 1140. The van der Waals surface area contributed by atoms with Crippen molar-refractivity contribution < 1.29 is 9.15 Å². The van der Waals surface area contributed by atoms with E-state index in [2.05, 4.69) is 25.0 Å². The quantitative estimate of drug-likeness (QED) is 0.307. The number of nitrogens with zero attached hydrogens (tertiary/aromatic N) is 5. The van der Waals surface area contributed by atoms with Gasteiger partial charge in [0.1, 0.15) is 12.4 Å². The maximum atomic E-state index is 6.19. The number of thiophene rings is 1. The maximum Gasteiger partial charge on any atom is 0.257 e. The number of para-hydroxylation sites is 1. The Morgan fingerprint density at radius 1 is 1.20 bits per heavy atom. The Kier molecular flexibility index (Phi) is 5.49. The van der Waals surface area contributed by atoms with Gasteiger partial charge in [-0.3, -0.25) is 4.57 Å². The number of aromatic nitrogens is 5. The highest BCUT2D eigenvalue weighted by molar-refractivity contribution is 7.99. The molecule has 0 N–H and O–H groups in total. The van der Waals surface area contributed by atoms with Crippen LogP contribution in [0.5, 0.6) is 5.75 Å². The van der Waals surface area contributed by atoms with Crippen LogP contribution in [0.15, 0.2) is 51.4 Å². The summed E-state index contributed by atoms with van der Waals surface area (Å²) in [6.45, 7) is 2.34. The lowest BCUT2D eigenvalue weighted by Gasteiger charge is -2.12. The molecule has 1 atom stereocenters. The zero-order valence-electron chi connectivity index (χ0n) is 16.1. The third-order valence-electron chi connectivity index (χ3n) is 4.64. The number of hydrogen-bond donors (Lipinski definition) is 0. The summed E-state index contributed by atoms with van der Waals surface area (Å²) < 4.78 is 13.9. The summed E-state index contributed by atoms with van der Waals surface area (Å²) in [5, 5.41) is 20.5. The van der Waals surface area contributed by atoms with Gasteiger partial charge in [0, 0.05) is 6.04 Å². The lowest BCUT2D eigenvalue weighted by molar-refractivity contribution is 0.288. The van der Waals surface area contributed by atoms with Crippen molar-refractivity contribution in [2.24, 2.45) is 0 Å². The van der Waals surface area contributed by atoms with Crippen molar-refractivity contribution >= 4 is 34.7 Å². The third-order valence-corrected chi connectivity index (χ3v) is 6.86. The monoisotopic (exact) mass is 459 g/mol. The van der Waals surface area contributed by atoms with Gasteiger partial charge < -0.3 is 9.15 Å². The van der Waals surface area contributed by atoms with Crippen LogP contribution in [-0.4, -0.2) is 25.0 Å². The van der Waals surface area contributed by atoms with E-state index in [0.717, 1.165) is 28.7 Å². The highest BCUT2D eigenvalue weighted by Crippen LogP contribution is 2.42. The summed E-state index contributed by atoms with van der Waals surface area (Å²) in [5.74, 6) is 2.54. The minimum atomic E-state index is -0.0507. The molecule has 10 heteroatoms. The zero-order chi connectivity index (χ0) is 20.5. The Morgan fingerprint density at radius 3 is 2.83 bits per heavy atom. The van der Waals surface area contributed by atoms with Gasteiger partial charge in [-0.1, -0.05) is 41.6 Å². The van der Waals surface area contributed by atoms with Crippen molar-refractivity contribution in [3.05, 3.63) is 58.5 Å². The summed E-state index contributed by atoms with van der Waals surface area (Å²) in [4.78, 5) is 0.964. The van der Waals surface area contributed by atoms with Crippen molar-refractivity contribution in [2.75, 3.05) is 0 Å². The molecule has 1 aliphatic carbocycles. The van der Waals surface area contributed by atoms with Gasteiger partial charge in [-0.25, -0.2) is 0 Å². The smallest absolute Gasteiger partial charge is 0.257 e. The summed E-state index contributed by atoms with van der Waals surface area (Å²) >= 11 is 9.33. The molecule has 0 bridgehead atoms. The third kappa shape index (κ3) is 4.10. The van der Waals surface area contributed by atoms with Crippen LogP contribution < -0.4 is 4.74 Å². The summed E-state index contributed by atoms with van der Waals surface area (Å²) in [5.41, 5.74) is 0. The molecule has 3 aromatic heterocycles.